The standard InChI is InChI=1S/C15H19ClF2N2O4S2/c1-9(2)19(3)14(21)12-7-25-8-20(12)26(22,23)10-4-5-13(11(16)6-10)24-15(17)18/h4-6,9,12,15H,7-8H2,1-3H3. The Hall–Kier alpha value is -1.10. The third kappa shape index (κ3) is 4.41. The van der Waals surface area contributed by atoms with Crippen LogP contribution in [0.15, 0.2) is 23.1 Å². The molecule has 1 heterocycles. The maximum absolute atomic E-state index is 12.9. The van der Waals surface area contributed by atoms with Crippen molar-refractivity contribution in [3.63, 3.8) is 0 Å². The highest BCUT2D eigenvalue weighted by Gasteiger charge is 2.41. The van der Waals surface area contributed by atoms with E-state index in [9.17, 15) is 22.0 Å². The molecule has 1 aromatic carbocycles. The number of hydrogen-bond donors (Lipinski definition) is 0. The van der Waals surface area contributed by atoms with Gasteiger partial charge in [0.15, 0.2) is 0 Å². The average Bonchev–Trinajstić information content (AvgIpc) is 3.05. The number of carbonyl (C=O) groups excluding carboxylic acids is 1. The summed E-state index contributed by atoms with van der Waals surface area (Å²) in [6, 6.07) is 2.36. The molecule has 0 aliphatic carbocycles. The Morgan fingerprint density at radius 1 is 1.42 bits per heavy atom. The van der Waals surface area contributed by atoms with E-state index in [1.165, 1.54) is 16.7 Å². The monoisotopic (exact) mass is 428 g/mol. The van der Waals surface area contributed by atoms with Crippen LogP contribution in [0.2, 0.25) is 5.02 Å². The molecule has 1 aromatic rings. The number of carbonyl (C=O) groups is 1. The molecule has 1 fully saturated rings. The highest BCUT2D eigenvalue weighted by atomic mass is 35.5. The minimum absolute atomic E-state index is 0.0714. The van der Waals surface area contributed by atoms with Crippen molar-refractivity contribution >= 4 is 39.3 Å². The molecule has 1 aliphatic heterocycles. The number of thioether (sulfide) groups is 1. The number of alkyl halides is 2. The molecule has 146 valence electrons. The van der Waals surface area contributed by atoms with Crippen molar-refractivity contribution in [1.29, 1.82) is 0 Å². The van der Waals surface area contributed by atoms with Gasteiger partial charge >= 0.3 is 6.61 Å². The van der Waals surface area contributed by atoms with Crippen molar-refractivity contribution in [3.05, 3.63) is 23.2 Å². The topological polar surface area (TPSA) is 66.9 Å². The molecule has 11 heteroatoms. The van der Waals surface area contributed by atoms with Crippen molar-refractivity contribution < 1.29 is 26.7 Å². The van der Waals surface area contributed by atoms with E-state index in [2.05, 4.69) is 4.74 Å². The zero-order chi connectivity index (χ0) is 19.6. The lowest BCUT2D eigenvalue weighted by Crippen LogP contribution is -2.49. The molecule has 0 aromatic heterocycles. The van der Waals surface area contributed by atoms with Gasteiger partial charge in [-0.3, -0.25) is 4.79 Å². The molecular formula is C15H19ClF2N2O4S2. The van der Waals surface area contributed by atoms with Crippen molar-refractivity contribution in [2.75, 3.05) is 18.7 Å². The van der Waals surface area contributed by atoms with Crippen molar-refractivity contribution in [2.45, 2.75) is 37.4 Å². The van der Waals surface area contributed by atoms with Gasteiger partial charge in [0.1, 0.15) is 11.8 Å². The van der Waals surface area contributed by atoms with Gasteiger partial charge in [-0.25, -0.2) is 8.42 Å². The molecule has 0 radical (unpaired) electrons. The fourth-order valence-electron chi connectivity index (χ4n) is 2.32. The van der Waals surface area contributed by atoms with Gasteiger partial charge in [-0.1, -0.05) is 11.6 Å². The third-order valence-electron chi connectivity index (χ3n) is 3.98. The Morgan fingerprint density at radius 3 is 2.62 bits per heavy atom. The van der Waals surface area contributed by atoms with Gasteiger partial charge in [0.2, 0.25) is 15.9 Å². The van der Waals surface area contributed by atoms with Crippen LogP contribution in [0.4, 0.5) is 8.78 Å². The van der Waals surface area contributed by atoms with Gasteiger partial charge < -0.3 is 9.64 Å². The summed E-state index contributed by atoms with van der Waals surface area (Å²) in [6.07, 6.45) is 0. The van der Waals surface area contributed by atoms with E-state index in [0.717, 1.165) is 22.5 Å². The summed E-state index contributed by atoms with van der Waals surface area (Å²) in [5, 5.41) is -0.250. The fourth-order valence-corrected chi connectivity index (χ4v) is 5.77. The van der Waals surface area contributed by atoms with E-state index in [1.54, 1.807) is 7.05 Å². The molecule has 1 saturated heterocycles. The predicted octanol–water partition coefficient (Wildman–Crippen LogP) is 2.87. The first-order valence-corrected chi connectivity index (χ1v) is 10.6. The number of nitrogens with zero attached hydrogens (tertiary/aromatic N) is 2. The Bertz CT molecular complexity index is 777. The Kier molecular flexibility index (Phi) is 6.75. The fraction of sp³-hybridized carbons (Fsp3) is 0.533. The van der Waals surface area contributed by atoms with Gasteiger partial charge in [-0.05, 0) is 32.0 Å². The highest BCUT2D eigenvalue weighted by Crippen LogP contribution is 2.33. The molecule has 2 rings (SSSR count). The molecule has 6 nitrogen and oxygen atoms in total. The van der Waals surface area contributed by atoms with Gasteiger partial charge in [0, 0.05) is 18.8 Å². The number of rotatable bonds is 6. The molecule has 1 atom stereocenters. The average molecular weight is 429 g/mol. The molecule has 1 aliphatic rings. The number of likely N-dealkylation sites (N-methyl/N-ethyl adjacent to an activating group) is 1. The zero-order valence-electron chi connectivity index (χ0n) is 14.4. The molecular weight excluding hydrogens is 410 g/mol. The molecule has 1 unspecified atom stereocenters. The predicted molar refractivity (Wildman–Crippen MR) is 96.1 cm³/mol. The zero-order valence-corrected chi connectivity index (χ0v) is 16.7. The number of benzene rings is 1. The quantitative estimate of drug-likeness (QED) is 0.697. The number of hydrogen-bond acceptors (Lipinski definition) is 5. The molecule has 0 bridgehead atoms. The van der Waals surface area contributed by atoms with Crippen LogP contribution >= 0.6 is 23.4 Å². The maximum atomic E-state index is 12.9. The Morgan fingerprint density at radius 2 is 2.08 bits per heavy atom. The minimum Gasteiger partial charge on any atom is -0.433 e. The van der Waals surface area contributed by atoms with E-state index in [0.29, 0.717) is 5.75 Å². The first-order chi connectivity index (χ1) is 12.1. The number of ether oxygens (including phenoxy) is 1. The van der Waals surface area contributed by atoms with Gasteiger partial charge in [-0.15, -0.1) is 11.8 Å². The van der Waals surface area contributed by atoms with Gasteiger partial charge in [0.25, 0.3) is 0 Å². The lowest BCUT2D eigenvalue weighted by molar-refractivity contribution is -0.134. The number of amides is 1. The van der Waals surface area contributed by atoms with E-state index in [4.69, 9.17) is 11.6 Å². The minimum atomic E-state index is -4.02. The SMILES string of the molecule is CC(C)N(C)C(=O)C1CSCN1S(=O)(=O)c1ccc(OC(F)F)c(Cl)c1. The van der Waals surface area contributed by atoms with E-state index >= 15 is 0 Å². The van der Waals surface area contributed by atoms with Crippen LogP contribution in [-0.4, -0.2) is 60.9 Å². The molecule has 0 spiro atoms. The third-order valence-corrected chi connectivity index (χ3v) is 7.30. The van der Waals surface area contributed by atoms with Crippen LogP contribution in [-0.2, 0) is 14.8 Å². The van der Waals surface area contributed by atoms with Gasteiger partial charge in [-0.2, -0.15) is 13.1 Å². The lowest BCUT2D eigenvalue weighted by atomic mass is 10.2. The Labute approximate surface area is 160 Å². The summed E-state index contributed by atoms with van der Waals surface area (Å²) >= 11 is 7.18. The summed E-state index contributed by atoms with van der Waals surface area (Å²) in [4.78, 5) is 13.9. The Balaban J connectivity index is 2.31. The van der Waals surface area contributed by atoms with Crippen molar-refractivity contribution in [2.24, 2.45) is 0 Å². The second kappa shape index (κ2) is 8.28. The van der Waals surface area contributed by atoms with Crippen LogP contribution in [0.3, 0.4) is 0 Å². The van der Waals surface area contributed by atoms with Crippen molar-refractivity contribution in [1.82, 2.24) is 9.21 Å². The lowest BCUT2D eigenvalue weighted by Gasteiger charge is -2.29. The number of halogens is 3. The summed E-state index contributed by atoms with van der Waals surface area (Å²) in [6.45, 7) is 0.597. The summed E-state index contributed by atoms with van der Waals surface area (Å²) in [7, 11) is -2.40. The molecule has 0 N–H and O–H groups in total. The van der Waals surface area contributed by atoms with E-state index < -0.39 is 22.7 Å². The second-order valence-electron chi connectivity index (χ2n) is 5.92. The largest absolute Gasteiger partial charge is 0.433 e. The van der Waals surface area contributed by atoms with Gasteiger partial charge in [0.05, 0.1) is 15.8 Å². The molecule has 1 amide bonds. The van der Waals surface area contributed by atoms with Crippen LogP contribution in [0.1, 0.15) is 13.8 Å². The van der Waals surface area contributed by atoms with Crippen LogP contribution < -0.4 is 4.74 Å². The van der Waals surface area contributed by atoms with Crippen molar-refractivity contribution in [3.8, 4) is 5.75 Å². The second-order valence-corrected chi connectivity index (χ2v) is 9.22. The number of sulfonamides is 1. The first-order valence-electron chi connectivity index (χ1n) is 7.66. The van der Waals surface area contributed by atoms with Crippen LogP contribution in [0.5, 0.6) is 5.75 Å². The summed E-state index contributed by atoms with van der Waals surface area (Å²) < 4.78 is 55.8. The summed E-state index contributed by atoms with van der Waals surface area (Å²) in [5.74, 6) is -0.145. The molecule has 0 saturated carbocycles. The normalized spacial score (nSPS) is 18.5. The smallest absolute Gasteiger partial charge is 0.387 e. The van der Waals surface area contributed by atoms with E-state index in [-0.39, 0.29) is 33.5 Å². The molecule has 26 heavy (non-hydrogen) atoms. The maximum Gasteiger partial charge on any atom is 0.387 e. The first kappa shape index (κ1) is 21.2. The summed E-state index contributed by atoms with van der Waals surface area (Å²) in [5.41, 5.74) is 0. The van der Waals surface area contributed by atoms with Crippen LogP contribution in [0, 0.1) is 0 Å². The van der Waals surface area contributed by atoms with E-state index in [1.807, 2.05) is 13.8 Å². The highest BCUT2D eigenvalue weighted by molar-refractivity contribution is 8.00. The van der Waals surface area contributed by atoms with Crippen LogP contribution in [0.25, 0.3) is 0 Å².